The van der Waals surface area contributed by atoms with Gasteiger partial charge in [0, 0.05) is 18.7 Å². The zero-order valence-electron chi connectivity index (χ0n) is 15.8. The van der Waals surface area contributed by atoms with Crippen LogP contribution in [-0.2, 0) is 9.53 Å². The van der Waals surface area contributed by atoms with Crippen LogP contribution < -0.4 is 0 Å². The number of nitrogens with zero attached hydrogens (tertiary/aromatic N) is 5. The molecule has 8 nitrogen and oxygen atoms in total. The lowest BCUT2D eigenvalue weighted by molar-refractivity contribution is -0.142. The Balaban J connectivity index is 1.53. The van der Waals surface area contributed by atoms with E-state index in [0.717, 1.165) is 24.9 Å². The van der Waals surface area contributed by atoms with E-state index in [1.807, 2.05) is 18.2 Å². The maximum Gasteiger partial charge on any atom is 0.339 e. The van der Waals surface area contributed by atoms with Gasteiger partial charge in [-0.3, -0.25) is 4.79 Å². The molecule has 0 spiro atoms. The fourth-order valence-electron chi connectivity index (χ4n) is 3.37. The van der Waals surface area contributed by atoms with Crippen molar-refractivity contribution >= 4 is 11.9 Å². The number of hydrogen-bond donors (Lipinski definition) is 0. The van der Waals surface area contributed by atoms with E-state index in [-0.39, 0.29) is 5.91 Å². The maximum absolute atomic E-state index is 13.1. The Kier molecular flexibility index (Phi) is 5.60. The molecular formula is C21H21N5O3. The zero-order valence-corrected chi connectivity index (χ0v) is 15.8. The Hall–Kier alpha value is -3.55. The normalized spacial score (nSPS) is 15.0. The fourth-order valence-corrected chi connectivity index (χ4v) is 3.37. The average Bonchev–Trinajstić information content (AvgIpc) is 3.33. The number of aromatic nitrogens is 4. The smallest absolute Gasteiger partial charge is 0.339 e. The highest BCUT2D eigenvalue weighted by Gasteiger charge is 2.30. The van der Waals surface area contributed by atoms with Gasteiger partial charge < -0.3 is 9.64 Å². The van der Waals surface area contributed by atoms with Gasteiger partial charge in [-0.1, -0.05) is 30.3 Å². The number of carbonyl (C=O) groups excluding carboxylic acids is 2. The molecule has 0 aliphatic carbocycles. The van der Waals surface area contributed by atoms with E-state index in [4.69, 9.17) is 4.74 Å². The second kappa shape index (κ2) is 8.64. The summed E-state index contributed by atoms with van der Waals surface area (Å²) in [5.41, 5.74) is 1.74. The molecule has 2 heterocycles. The summed E-state index contributed by atoms with van der Waals surface area (Å²) < 4.78 is 7.18. The first-order valence-electron chi connectivity index (χ1n) is 9.60. The van der Waals surface area contributed by atoms with Gasteiger partial charge in [-0.05, 0) is 54.0 Å². The minimum absolute atomic E-state index is 0.172. The summed E-state index contributed by atoms with van der Waals surface area (Å²) in [5, 5.41) is 11.0. The molecule has 0 bridgehead atoms. The van der Waals surface area contributed by atoms with Crippen molar-refractivity contribution < 1.29 is 14.3 Å². The molecule has 1 amide bonds. The zero-order chi connectivity index (χ0) is 20.1. The lowest BCUT2D eigenvalue weighted by Crippen LogP contribution is -2.40. The molecule has 1 atom stereocenters. The van der Waals surface area contributed by atoms with Gasteiger partial charge >= 0.3 is 5.97 Å². The van der Waals surface area contributed by atoms with Crippen LogP contribution in [0.2, 0.25) is 0 Å². The highest BCUT2D eigenvalue weighted by atomic mass is 16.5. The first-order chi connectivity index (χ1) is 14.2. The van der Waals surface area contributed by atoms with Gasteiger partial charge in [0.05, 0.1) is 11.3 Å². The quantitative estimate of drug-likeness (QED) is 0.621. The number of ether oxygens (including phenoxy) is 1. The van der Waals surface area contributed by atoms with Crippen molar-refractivity contribution in [2.45, 2.75) is 25.4 Å². The molecule has 1 saturated heterocycles. The summed E-state index contributed by atoms with van der Waals surface area (Å²) >= 11 is 0. The van der Waals surface area contributed by atoms with Gasteiger partial charge in [-0.15, -0.1) is 5.10 Å². The van der Waals surface area contributed by atoms with Crippen LogP contribution in [0.4, 0.5) is 0 Å². The molecule has 1 aliphatic heterocycles. The van der Waals surface area contributed by atoms with Crippen molar-refractivity contribution in [2.24, 2.45) is 0 Å². The summed E-state index contributed by atoms with van der Waals surface area (Å²) in [5.74, 6) is -0.720. The molecule has 4 rings (SSSR count). The van der Waals surface area contributed by atoms with Crippen LogP contribution in [0.25, 0.3) is 5.69 Å². The molecule has 0 saturated carbocycles. The molecular weight excluding hydrogens is 370 g/mol. The van der Waals surface area contributed by atoms with Gasteiger partial charge in [0.1, 0.15) is 6.33 Å². The molecule has 8 heteroatoms. The van der Waals surface area contributed by atoms with Crippen LogP contribution in [0, 0.1) is 0 Å². The lowest BCUT2D eigenvalue weighted by Gasteiger charge is -2.30. The molecule has 3 aromatic rings. The number of tetrazole rings is 1. The molecule has 1 aromatic heterocycles. The number of hydrogen-bond acceptors (Lipinski definition) is 6. The van der Waals surface area contributed by atoms with Crippen molar-refractivity contribution in [1.29, 1.82) is 0 Å². The van der Waals surface area contributed by atoms with Gasteiger partial charge in [-0.2, -0.15) is 0 Å². The molecule has 0 unspecified atom stereocenters. The van der Waals surface area contributed by atoms with Gasteiger partial charge in [-0.25, -0.2) is 9.48 Å². The summed E-state index contributed by atoms with van der Waals surface area (Å²) in [6.07, 6.45) is 3.57. The van der Waals surface area contributed by atoms with Crippen LogP contribution in [0.15, 0.2) is 60.9 Å². The highest BCUT2D eigenvalue weighted by Crippen LogP contribution is 2.24. The minimum atomic E-state index is -0.957. The number of amides is 1. The minimum Gasteiger partial charge on any atom is -0.444 e. The van der Waals surface area contributed by atoms with Crippen molar-refractivity contribution in [3.63, 3.8) is 0 Å². The van der Waals surface area contributed by atoms with Crippen LogP contribution in [0.5, 0.6) is 0 Å². The number of carbonyl (C=O) groups is 2. The van der Waals surface area contributed by atoms with E-state index in [0.29, 0.717) is 24.2 Å². The van der Waals surface area contributed by atoms with Crippen molar-refractivity contribution in [3.8, 4) is 5.69 Å². The third-order valence-electron chi connectivity index (χ3n) is 4.94. The predicted octanol–water partition coefficient (Wildman–Crippen LogP) is 2.57. The van der Waals surface area contributed by atoms with Crippen molar-refractivity contribution in [1.82, 2.24) is 25.1 Å². The first kappa shape index (κ1) is 18.8. The molecule has 1 aliphatic rings. The number of piperidine rings is 1. The van der Waals surface area contributed by atoms with Crippen LogP contribution >= 0.6 is 0 Å². The van der Waals surface area contributed by atoms with Gasteiger partial charge in [0.2, 0.25) is 6.10 Å². The Morgan fingerprint density at radius 3 is 2.31 bits per heavy atom. The topological polar surface area (TPSA) is 90.2 Å². The molecule has 148 valence electrons. The standard InChI is InChI=1S/C21H21N5O3/c27-20(25-13-5-2-6-14-25)19(16-7-3-1-4-8-16)29-21(28)17-9-11-18(12-10-17)26-15-22-23-24-26/h1,3-4,7-12,15,19H,2,5-6,13-14H2/t19-/m1/s1. The summed E-state index contributed by atoms with van der Waals surface area (Å²) in [6.45, 7) is 1.39. The SMILES string of the molecule is O=C(O[C@@H](C(=O)N1CCCCC1)c1ccccc1)c1ccc(-n2cnnn2)cc1. The monoisotopic (exact) mass is 391 g/mol. The fraction of sp³-hybridized carbons (Fsp3) is 0.286. The largest absolute Gasteiger partial charge is 0.444 e. The Labute approximate surface area is 168 Å². The highest BCUT2D eigenvalue weighted by molar-refractivity contribution is 5.93. The van der Waals surface area contributed by atoms with E-state index in [1.54, 1.807) is 41.3 Å². The van der Waals surface area contributed by atoms with Crippen LogP contribution in [-0.4, -0.2) is 50.1 Å². The van der Waals surface area contributed by atoms with Crippen LogP contribution in [0.1, 0.15) is 41.3 Å². The molecule has 1 fully saturated rings. The first-order valence-corrected chi connectivity index (χ1v) is 9.60. The summed E-state index contributed by atoms with van der Waals surface area (Å²) in [7, 11) is 0. The average molecular weight is 391 g/mol. The number of benzene rings is 2. The number of likely N-dealkylation sites (tertiary alicyclic amines) is 1. The van der Waals surface area contributed by atoms with E-state index >= 15 is 0 Å². The Bertz CT molecular complexity index is 952. The van der Waals surface area contributed by atoms with E-state index in [9.17, 15) is 9.59 Å². The van der Waals surface area contributed by atoms with E-state index in [2.05, 4.69) is 15.5 Å². The second-order valence-corrected chi connectivity index (χ2v) is 6.88. The molecule has 29 heavy (non-hydrogen) atoms. The van der Waals surface area contributed by atoms with Gasteiger partial charge in [0.25, 0.3) is 5.91 Å². The second-order valence-electron chi connectivity index (χ2n) is 6.88. The van der Waals surface area contributed by atoms with Crippen LogP contribution in [0.3, 0.4) is 0 Å². The molecule has 0 N–H and O–H groups in total. The number of esters is 1. The molecule has 0 radical (unpaired) electrons. The van der Waals surface area contributed by atoms with E-state index in [1.165, 1.54) is 11.0 Å². The third-order valence-corrected chi connectivity index (χ3v) is 4.94. The third kappa shape index (κ3) is 4.31. The lowest BCUT2D eigenvalue weighted by atomic mass is 10.1. The molecule has 2 aromatic carbocycles. The van der Waals surface area contributed by atoms with Crippen molar-refractivity contribution in [2.75, 3.05) is 13.1 Å². The maximum atomic E-state index is 13.1. The number of rotatable bonds is 5. The van der Waals surface area contributed by atoms with E-state index < -0.39 is 12.1 Å². The summed E-state index contributed by atoms with van der Waals surface area (Å²) in [4.78, 5) is 27.7. The van der Waals surface area contributed by atoms with Crippen molar-refractivity contribution in [3.05, 3.63) is 72.1 Å². The predicted molar refractivity (Wildman–Crippen MR) is 104 cm³/mol. The summed E-state index contributed by atoms with van der Waals surface area (Å²) in [6, 6.07) is 15.8. The Morgan fingerprint density at radius 1 is 0.931 bits per heavy atom. The van der Waals surface area contributed by atoms with Gasteiger partial charge in [0.15, 0.2) is 0 Å². The Morgan fingerprint density at radius 2 is 1.66 bits per heavy atom.